The first-order valence-electron chi connectivity index (χ1n) is 5.48. The highest BCUT2D eigenvalue weighted by molar-refractivity contribution is 9.10. The molecule has 0 spiro atoms. The van der Waals surface area contributed by atoms with E-state index in [1.165, 1.54) is 4.70 Å². The summed E-state index contributed by atoms with van der Waals surface area (Å²) >= 11 is 5.15. The highest BCUT2D eigenvalue weighted by Crippen LogP contribution is 2.31. The molecule has 0 amide bonds. The van der Waals surface area contributed by atoms with Gasteiger partial charge in [0.15, 0.2) is 0 Å². The van der Waals surface area contributed by atoms with E-state index in [9.17, 15) is 0 Å². The van der Waals surface area contributed by atoms with E-state index in [0.29, 0.717) is 6.54 Å². The normalized spacial score (nSPS) is 11.0. The average Bonchev–Trinajstić information content (AvgIpc) is 2.81. The highest BCUT2D eigenvalue weighted by Gasteiger charge is 2.07. The molecule has 90 valence electrons. The molecule has 0 bridgehead atoms. The molecule has 0 aliphatic rings. The molecule has 18 heavy (non-hydrogen) atoms. The molecule has 2 heterocycles. The Morgan fingerprint density at radius 3 is 2.94 bits per heavy atom. The molecule has 0 fully saturated rings. The largest absolute Gasteiger partial charge is 0.325 e. The Balaban J connectivity index is 2.13. The van der Waals surface area contributed by atoms with Crippen LogP contribution in [0.25, 0.3) is 20.8 Å². The van der Waals surface area contributed by atoms with Crippen LogP contribution < -0.4 is 5.73 Å². The molecule has 0 saturated heterocycles. The molecule has 1 aromatic carbocycles. The Morgan fingerprint density at radius 2 is 2.11 bits per heavy atom. The molecule has 0 unspecified atom stereocenters. The monoisotopic (exact) mass is 319 g/mol. The molecule has 2 aromatic heterocycles. The standard InChI is InChI=1S/C13H10BrN3S/c14-9-1-2-11-12(6-9)18-13(17-11)8-3-4-16-10(5-8)7-15/h1-6H,7,15H2. The van der Waals surface area contributed by atoms with Gasteiger partial charge in [0, 0.05) is 22.8 Å². The van der Waals surface area contributed by atoms with E-state index in [1.807, 2.05) is 24.3 Å². The maximum absolute atomic E-state index is 5.61. The summed E-state index contributed by atoms with van der Waals surface area (Å²) < 4.78 is 2.24. The number of rotatable bonds is 2. The minimum absolute atomic E-state index is 0.449. The predicted molar refractivity (Wildman–Crippen MR) is 78.4 cm³/mol. The van der Waals surface area contributed by atoms with Gasteiger partial charge in [-0.3, -0.25) is 4.98 Å². The Bertz CT molecular complexity index is 708. The van der Waals surface area contributed by atoms with E-state index >= 15 is 0 Å². The number of nitrogens with zero attached hydrogens (tertiary/aromatic N) is 2. The minimum atomic E-state index is 0.449. The van der Waals surface area contributed by atoms with Gasteiger partial charge in [0.1, 0.15) is 5.01 Å². The minimum Gasteiger partial charge on any atom is -0.325 e. The molecule has 0 atom stereocenters. The molecule has 2 N–H and O–H groups in total. The second-order valence-electron chi connectivity index (χ2n) is 3.87. The van der Waals surface area contributed by atoms with Gasteiger partial charge in [0.25, 0.3) is 0 Å². The van der Waals surface area contributed by atoms with Crippen molar-refractivity contribution in [1.29, 1.82) is 0 Å². The van der Waals surface area contributed by atoms with Crippen molar-refractivity contribution in [2.45, 2.75) is 6.54 Å². The first-order valence-corrected chi connectivity index (χ1v) is 7.08. The van der Waals surface area contributed by atoms with E-state index in [2.05, 4.69) is 32.0 Å². The van der Waals surface area contributed by atoms with Crippen molar-refractivity contribution in [3.05, 3.63) is 46.7 Å². The van der Waals surface area contributed by atoms with Crippen molar-refractivity contribution >= 4 is 37.5 Å². The first-order chi connectivity index (χ1) is 8.76. The van der Waals surface area contributed by atoms with Crippen molar-refractivity contribution in [1.82, 2.24) is 9.97 Å². The van der Waals surface area contributed by atoms with Gasteiger partial charge < -0.3 is 5.73 Å². The van der Waals surface area contributed by atoms with E-state index in [1.54, 1.807) is 17.5 Å². The lowest BCUT2D eigenvalue weighted by Gasteiger charge is -1.98. The lowest BCUT2D eigenvalue weighted by atomic mass is 10.2. The summed E-state index contributed by atoms with van der Waals surface area (Å²) in [6.07, 6.45) is 1.78. The topological polar surface area (TPSA) is 51.8 Å². The summed E-state index contributed by atoms with van der Waals surface area (Å²) in [6.45, 7) is 0.449. The Morgan fingerprint density at radius 1 is 1.22 bits per heavy atom. The van der Waals surface area contributed by atoms with Gasteiger partial charge in [-0.05, 0) is 30.3 Å². The van der Waals surface area contributed by atoms with E-state index in [4.69, 9.17) is 5.73 Å². The molecule has 0 aliphatic heterocycles. The van der Waals surface area contributed by atoms with Crippen LogP contribution in [0.4, 0.5) is 0 Å². The van der Waals surface area contributed by atoms with Crippen molar-refractivity contribution in [2.24, 2.45) is 5.73 Å². The van der Waals surface area contributed by atoms with Gasteiger partial charge >= 0.3 is 0 Å². The maximum Gasteiger partial charge on any atom is 0.124 e. The number of thiazole rings is 1. The lowest BCUT2D eigenvalue weighted by molar-refractivity contribution is 0.991. The van der Waals surface area contributed by atoms with Crippen LogP contribution in [-0.2, 0) is 6.54 Å². The van der Waals surface area contributed by atoms with Crippen molar-refractivity contribution in [2.75, 3.05) is 0 Å². The number of hydrogen-bond acceptors (Lipinski definition) is 4. The number of aromatic nitrogens is 2. The highest BCUT2D eigenvalue weighted by atomic mass is 79.9. The molecule has 0 radical (unpaired) electrons. The fraction of sp³-hybridized carbons (Fsp3) is 0.0769. The van der Waals surface area contributed by atoms with Crippen LogP contribution in [0.1, 0.15) is 5.69 Å². The second-order valence-corrected chi connectivity index (χ2v) is 5.82. The summed E-state index contributed by atoms with van der Waals surface area (Å²) in [7, 11) is 0. The maximum atomic E-state index is 5.61. The quantitative estimate of drug-likeness (QED) is 0.785. The zero-order chi connectivity index (χ0) is 12.5. The van der Waals surface area contributed by atoms with E-state index in [0.717, 1.165) is 26.3 Å². The number of pyridine rings is 1. The van der Waals surface area contributed by atoms with Crippen LogP contribution in [0.2, 0.25) is 0 Å². The van der Waals surface area contributed by atoms with Crippen LogP contribution in [-0.4, -0.2) is 9.97 Å². The predicted octanol–water partition coefficient (Wildman–Crippen LogP) is 3.58. The second kappa shape index (κ2) is 4.76. The number of halogens is 1. The number of nitrogens with two attached hydrogens (primary N) is 1. The zero-order valence-electron chi connectivity index (χ0n) is 9.43. The third-order valence-electron chi connectivity index (χ3n) is 2.62. The van der Waals surface area contributed by atoms with Crippen LogP contribution in [0, 0.1) is 0 Å². The summed E-state index contributed by atoms with van der Waals surface area (Å²) in [5, 5.41) is 1.00. The summed E-state index contributed by atoms with van der Waals surface area (Å²) in [4.78, 5) is 8.82. The van der Waals surface area contributed by atoms with Crippen LogP contribution >= 0.6 is 27.3 Å². The van der Waals surface area contributed by atoms with Crippen molar-refractivity contribution in [3.8, 4) is 10.6 Å². The molecule has 0 aliphatic carbocycles. The molecule has 3 rings (SSSR count). The van der Waals surface area contributed by atoms with Crippen LogP contribution in [0.5, 0.6) is 0 Å². The number of fused-ring (bicyclic) bond motifs is 1. The van der Waals surface area contributed by atoms with Gasteiger partial charge in [0.05, 0.1) is 15.9 Å². The van der Waals surface area contributed by atoms with Crippen molar-refractivity contribution in [3.63, 3.8) is 0 Å². The summed E-state index contributed by atoms with van der Waals surface area (Å²) in [5.41, 5.74) is 8.58. The van der Waals surface area contributed by atoms with E-state index < -0.39 is 0 Å². The molecule has 0 saturated carbocycles. The number of hydrogen-bond donors (Lipinski definition) is 1. The summed E-state index contributed by atoms with van der Waals surface area (Å²) in [6, 6.07) is 10.1. The smallest absolute Gasteiger partial charge is 0.124 e. The lowest BCUT2D eigenvalue weighted by Crippen LogP contribution is -1.98. The van der Waals surface area contributed by atoms with Gasteiger partial charge in [-0.25, -0.2) is 4.98 Å². The fourth-order valence-electron chi connectivity index (χ4n) is 1.74. The van der Waals surface area contributed by atoms with E-state index in [-0.39, 0.29) is 0 Å². The van der Waals surface area contributed by atoms with Crippen LogP contribution in [0.3, 0.4) is 0 Å². The fourth-order valence-corrected chi connectivity index (χ4v) is 3.26. The molecular weight excluding hydrogens is 310 g/mol. The zero-order valence-corrected chi connectivity index (χ0v) is 11.8. The Kier molecular flexibility index (Phi) is 3.11. The van der Waals surface area contributed by atoms with Gasteiger partial charge in [0.2, 0.25) is 0 Å². The van der Waals surface area contributed by atoms with Crippen molar-refractivity contribution < 1.29 is 0 Å². The third kappa shape index (κ3) is 2.16. The SMILES string of the molecule is NCc1cc(-c2nc3ccc(Br)cc3s2)ccn1. The van der Waals surface area contributed by atoms with Gasteiger partial charge in [-0.15, -0.1) is 11.3 Å². The summed E-state index contributed by atoms with van der Waals surface area (Å²) in [5.74, 6) is 0. The number of benzene rings is 1. The third-order valence-corrected chi connectivity index (χ3v) is 4.18. The Hall–Kier alpha value is -1.30. The molecular formula is C13H10BrN3S. The van der Waals surface area contributed by atoms with Gasteiger partial charge in [-0.2, -0.15) is 0 Å². The van der Waals surface area contributed by atoms with Crippen LogP contribution in [0.15, 0.2) is 41.0 Å². The van der Waals surface area contributed by atoms with Gasteiger partial charge in [-0.1, -0.05) is 15.9 Å². The first kappa shape index (κ1) is 11.8. The average molecular weight is 320 g/mol. The Labute approximate surface area is 117 Å². The molecule has 3 nitrogen and oxygen atoms in total. The molecule has 3 aromatic rings. The molecule has 5 heteroatoms.